The molecule has 1 aromatic heterocycles. The molecule has 0 spiro atoms. The molecule has 1 saturated carbocycles. The molecular formula is C13H14ClN3O2. The van der Waals surface area contributed by atoms with Gasteiger partial charge in [0.25, 0.3) is 0 Å². The summed E-state index contributed by atoms with van der Waals surface area (Å²) in [4.78, 5) is 4.23. The van der Waals surface area contributed by atoms with Crippen LogP contribution in [-0.4, -0.2) is 16.2 Å². The number of halogens is 1. The van der Waals surface area contributed by atoms with E-state index >= 15 is 0 Å². The Balaban J connectivity index is 2.06. The second kappa shape index (κ2) is 4.83. The zero-order valence-corrected chi connectivity index (χ0v) is 11.3. The SMILES string of the molecule is Cc1cc(Cl)c(OC2CC2)c(-c2noc(CN)n2)c1. The Bertz CT molecular complexity index is 608. The number of ether oxygens (including phenoxy) is 1. The van der Waals surface area contributed by atoms with Crippen molar-refractivity contribution < 1.29 is 9.26 Å². The van der Waals surface area contributed by atoms with E-state index in [1.807, 2.05) is 19.1 Å². The van der Waals surface area contributed by atoms with E-state index < -0.39 is 0 Å². The Morgan fingerprint density at radius 2 is 2.26 bits per heavy atom. The summed E-state index contributed by atoms with van der Waals surface area (Å²) in [7, 11) is 0. The predicted molar refractivity (Wildman–Crippen MR) is 71.0 cm³/mol. The van der Waals surface area contributed by atoms with Crippen LogP contribution in [0.1, 0.15) is 24.3 Å². The lowest BCUT2D eigenvalue weighted by Crippen LogP contribution is -2.00. The Morgan fingerprint density at radius 1 is 1.47 bits per heavy atom. The monoisotopic (exact) mass is 279 g/mol. The molecule has 0 amide bonds. The van der Waals surface area contributed by atoms with Crippen LogP contribution in [0, 0.1) is 6.92 Å². The third-order valence-corrected chi connectivity index (χ3v) is 3.16. The summed E-state index contributed by atoms with van der Waals surface area (Å²) >= 11 is 6.26. The molecule has 2 aromatic rings. The van der Waals surface area contributed by atoms with E-state index in [0.29, 0.717) is 22.5 Å². The number of aryl methyl sites for hydroxylation is 1. The number of aromatic nitrogens is 2. The highest BCUT2D eigenvalue weighted by molar-refractivity contribution is 6.32. The topological polar surface area (TPSA) is 74.2 Å². The molecule has 1 aliphatic rings. The molecule has 0 unspecified atom stereocenters. The van der Waals surface area contributed by atoms with Crippen molar-refractivity contribution in [2.24, 2.45) is 5.73 Å². The minimum Gasteiger partial charge on any atom is -0.488 e. The maximum Gasteiger partial charge on any atom is 0.240 e. The molecule has 1 aliphatic carbocycles. The van der Waals surface area contributed by atoms with Crippen LogP contribution < -0.4 is 10.5 Å². The van der Waals surface area contributed by atoms with Gasteiger partial charge in [-0.25, -0.2) is 0 Å². The van der Waals surface area contributed by atoms with Crippen LogP contribution in [0.2, 0.25) is 5.02 Å². The normalized spacial score (nSPS) is 14.7. The second-order valence-corrected chi connectivity index (χ2v) is 5.06. The number of benzene rings is 1. The molecule has 1 fully saturated rings. The smallest absolute Gasteiger partial charge is 0.240 e. The lowest BCUT2D eigenvalue weighted by molar-refractivity contribution is 0.304. The van der Waals surface area contributed by atoms with E-state index in [2.05, 4.69) is 10.1 Å². The van der Waals surface area contributed by atoms with Gasteiger partial charge in [0.05, 0.1) is 23.2 Å². The van der Waals surface area contributed by atoms with E-state index in [-0.39, 0.29) is 12.6 Å². The molecule has 3 rings (SSSR count). The molecule has 0 aliphatic heterocycles. The lowest BCUT2D eigenvalue weighted by Gasteiger charge is -2.11. The summed E-state index contributed by atoms with van der Waals surface area (Å²) in [6.45, 7) is 2.17. The highest BCUT2D eigenvalue weighted by Crippen LogP contribution is 2.39. The molecule has 5 nitrogen and oxygen atoms in total. The summed E-state index contributed by atoms with van der Waals surface area (Å²) in [5, 5.41) is 4.49. The molecule has 0 saturated heterocycles. The quantitative estimate of drug-likeness (QED) is 0.931. The Hall–Kier alpha value is -1.59. The zero-order valence-electron chi connectivity index (χ0n) is 10.5. The molecule has 1 heterocycles. The molecule has 1 aromatic carbocycles. The summed E-state index contributed by atoms with van der Waals surface area (Å²) in [6.07, 6.45) is 2.37. The number of hydrogen-bond donors (Lipinski definition) is 1. The van der Waals surface area contributed by atoms with Crippen molar-refractivity contribution in [3.05, 3.63) is 28.6 Å². The van der Waals surface area contributed by atoms with Gasteiger partial charge in [0, 0.05) is 0 Å². The highest BCUT2D eigenvalue weighted by Gasteiger charge is 2.27. The van der Waals surface area contributed by atoms with E-state index in [1.54, 1.807) is 0 Å². The lowest BCUT2D eigenvalue weighted by atomic mass is 10.1. The van der Waals surface area contributed by atoms with Crippen molar-refractivity contribution in [1.29, 1.82) is 0 Å². The van der Waals surface area contributed by atoms with Crippen LogP contribution in [0.4, 0.5) is 0 Å². The largest absolute Gasteiger partial charge is 0.488 e. The minimum absolute atomic E-state index is 0.214. The molecule has 0 radical (unpaired) electrons. The standard InChI is InChI=1S/C13H14ClN3O2/c1-7-4-9(13-16-11(6-15)19-17-13)12(10(14)5-7)18-8-2-3-8/h4-5,8H,2-3,6,15H2,1H3. The molecule has 100 valence electrons. The second-order valence-electron chi connectivity index (χ2n) is 4.66. The first-order valence-electron chi connectivity index (χ1n) is 6.17. The first-order valence-corrected chi connectivity index (χ1v) is 6.55. The fraction of sp³-hybridized carbons (Fsp3) is 0.385. The fourth-order valence-electron chi connectivity index (χ4n) is 1.81. The summed E-state index contributed by atoms with van der Waals surface area (Å²) < 4.78 is 10.9. The molecule has 2 N–H and O–H groups in total. The Labute approximate surface area is 115 Å². The summed E-state index contributed by atoms with van der Waals surface area (Å²) in [5.41, 5.74) is 7.24. The molecule has 19 heavy (non-hydrogen) atoms. The van der Waals surface area contributed by atoms with E-state index in [0.717, 1.165) is 24.0 Å². The van der Waals surface area contributed by atoms with Gasteiger partial charge in [-0.05, 0) is 37.5 Å². The maximum absolute atomic E-state index is 6.26. The number of hydrogen-bond acceptors (Lipinski definition) is 5. The van der Waals surface area contributed by atoms with Crippen LogP contribution in [0.3, 0.4) is 0 Å². The van der Waals surface area contributed by atoms with Gasteiger partial charge >= 0.3 is 0 Å². The Morgan fingerprint density at radius 3 is 2.89 bits per heavy atom. The van der Waals surface area contributed by atoms with Gasteiger partial charge in [-0.15, -0.1) is 0 Å². The van der Waals surface area contributed by atoms with Crippen LogP contribution in [0.5, 0.6) is 5.75 Å². The average Bonchev–Trinajstić information content (AvgIpc) is 3.06. The van der Waals surface area contributed by atoms with Crippen molar-refractivity contribution in [3.63, 3.8) is 0 Å². The first-order chi connectivity index (χ1) is 9.17. The van der Waals surface area contributed by atoms with Gasteiger partial charge in [-0.3, -0.25) is 0 Å². The zero-order chi connectivity index (χ0) is 13.4. The third kappa shape index (κ3) is 2.57. The van der Waals surface area contributed by atoms with Gasteiger partial charge in [-0.2, -0.15) is 4.98 Å². The Kier molecular flexibility index (Phi) is 3.16. The molecule has 6 heteroatoms. The third-order valence-electron chi connectivity index (χ3n) is 2.88. The van der Waals surface area contributed by atoms with Crippen molar-refractivity contribution in [2.75, 3.05) is 0 Å². The molecular weight excluding hydrogens is 266 g/mol. The van der Waals surface area contributed by atoms with Crippen molar-refractivity contribution in [3.8, 4) is 17.1 Å². The van der Waals surface area contributed by atoms with Crippen LogP contribution >= 0.6 is 11.6 Å². The molecule has 0 bridgehead atoms. The number of nitrogens with two attached hydrogens (primary N) is 1. The van der Waals surface area contributed by atoms with Gasteiger partial charge in [0.15, 0.2) is 0 Å². The van der Waals surface area contributed by atoms with E-state index in [4.69, 9.17) is 26.6 Å². The molecule has 0 atom stereocenters. The summed E-state index contributed by atoms with van der Waals surface area (Å²) in [6, 6.07) is 3.81. The van der Waals surface area contributed by atoms with Gasteiger partial charge in [0.2, 0.25) is 11.7 Å². The van der Waals surface area contributed by atoms with Crippen LogP contribution in [0.25, 0.3) is 11.4 Å². The fourth-order valence-corrected chi connectivity index (χ4v) is 2.13. The first kappa shape index (κ1) is 12.4. The van der Waals surface area contributed by atoms with E-state index in [1.165, 1.54) is 0 Å². The minimum atomic E-state index is 0.214. The number of nitrogens with zero attached hydrogens (tertiary/aromatic N) is 2. The van der Waals surface area contributed by atoms with Gasteiger partial charge in [-0.1, -0.05) is 16.8 Å². The van der Waals surface area contributed by atoms with Crippen molar-refractivity contribution in [1.82, 2.24) is 10.1 Å². The average molecular weight is 280 g/mol. The van der Waals surface area contributed by atoms with Crippen LogP contribution in [-0.2, 0) is 6.54 Å². The number of rotatable bonds is 4. The summed E-state index contributed by atoms with van der Waals surface area (Å²) in [5.74, 6) is 1.48. The van der Waals surface area contributed by atoms with Crippen LogP contribution in [0.15, 0.2) is 16.7 Å². The van der Waals surface area contributed by atoms with E-state index in [9.17, 15) is 0 Å². The maximum atomic E-state index is 6.26. The van der Waals surface area contributed by atoms with Crippen molar-refractivity contribution in [2.45, 2.75) is 32.4 Å². The van der Waals surface area contributed by atoms with Gasteiger partial charge < -0.3 is 15.0 Å². The predicted octanol–water partition coefficient (Wildman–Crippen LogP) is 2.70. The van der Waals surface area contributed by atoms with Gasteiger partial charge in [0.1, 0.15) is 5.75 Å². The van der Waals surface area contributed by atoms with Crippen molar-refractivity contribution >= 4 is 11.6 Å². The highest BCUT2D eigenvalue weighted by atomic mass is 35.5.